The van der Waals surface area contributed by atoms with Crippen LogP contribution in [0.25, 0.3) is 10.9 Å². The van der Waals surface area contributed by atoms with Crippen LogP contribution in [-0.2, 0) is 0 Å². The molecule has 2 aromatic rings. The second kappa shape index (κ2) is 9.42. The van der Waals surface area contributed by atoms with Crippen molar-refractivity contribution >= 4 is 53.2 Å². The van der Waals surface area contributed by atoms with Crippen LogP contribution in [0.1, 0.15) is 41.7 Å². The number of amides is 1. The Morgan fingerprint density at radius 3 is 2.67 bits per heavy atom. The van der Waals surface area contributed by atoms with E-state index in [0.29, 0.717) is 23.0 Å². The summed E-state index contributed by atoms with van der Waals surface area (Å²) in [7, 11) is 0. The monoisotopic (exact) mass is 389 g/mol. The smallest absolute Gasteiger partial charge is 0.252 e. The van der Waals surface area contributed by atoms with Gasteiger partial charge in [-0.25, -0.2) is 0 Å². The van der Waals surface area contributed by atoms with E-state index in [9.17, 15) is 4.79 Å². The predicted octanol–water partition coefficient (Wildman–Crippen LogP) is 3.95. The van der Waals surface area contributed by atoms with E-state index in [1.54, 1.807) is 0 Å². The first-order chi connectivity index (χ1) is 10.7. The SMILES string of the molecule is CCNCCNC(=O)c1cc(C2CC2)nc2ccc(Cl)cc12.Cl.Cl. The zero-order chi connectivity index (χ0) is 15.5. The summed E-state index contributed by atoms with van der Waals surface area (Å²) in [6.45, 7) is 4.31. The van der Waals surface area contributed by atoms with Gasteiger partial charge in [-0.15, -0.1) is 24.8 Å². The summed E-state index contributed by atoms with van der Waals surface area (Å²) in [5.74, 6) is 0.447. The number of nitrogens with zero attached hydrogens (tertiary/aromatic N) is 1. The molecule has 0 saturated heterocycles. The first-order valence-electron chi connectivity index (χ1n) is 7.78. The Kier molecular flexibility index (Phi) is 8.23. The molecule has 1 aliphatic rings. The molecule has 1 fully saturated rings. The summed E-state index contributed by atoms with van der Waals surface area (Å²) in [6, 6.07) is 7.46. The van der Waals surface area contributed by atoms with Gasteiger partial charge in [0.1, 0.15) is 0 Å². The van der Waals surface area contributed by atoms with Gasteiger partial charge in [-0.1, -0.05) is 18.5 Å². The lowest BCUT2D eigenvalue weighted by Crippen LogP contribution is -2.31. The summed E-state index contributed by atoms with van der Waals surface area (Å²) in [5, 5.41) is 7.59. The van der Waals surface area contributed by atoms with Crippen molar-refractivity contribution in [3.63, 3.8) is 0 Å². The van der Waals surface area contributed by atoms with E-state index < -0.39 is 0 Å². The number of carbonyl (C=O) groups excluding carboxylic acids is 1. The third-order valence-electron chi connectivity index (χ3n) is 3.87. The number of nitrogens with one attached hydrogen (secondary N) is 2. The number of hydrogen-bond donors (Lipinski definition) is 2. The highest BCUT2D eigenvalue weighted by Crippen LogP contribution is 2.40. The van der Waals surface area contributed by atoms with E-state index >= 15 is 0 Å². The Morgan fingerprint density at radius 1 is 1.25 bits per heavy atom. The van der Waals surface area contributed by atoms with Gasteiger partial charge in [0.05, 0.1) is 11.1 Å². The van der Waals surface area contributed by atoms with E-state index in [-0.39, 0.29) is 30.7 Å². The Labute approximate surface area is 159 Å². The molecule has 1 heterocycles. The maximum absolute atomic E-state index is 12.5. The lowest BCUT2D eigenvalue weighted by atomic mass is 10.1. The molecule has 7 heteroatoms. The maximum atomic E-state index is 12.5. The van der Waals surface area contributed by atoms with Crippen LogP contribution >= 0.6 is 36.4 Å². The lowest BCUT2D eigenvalue weighted by Gasteiger charge is -2.10. The van der Waals surface area contributed by atoms with Gasteiger partial charge in [0, 0.05) is 35.1 Å². The highest BCUT2D eigenvalue weighted by molar-refractivity contribution is 6.31. The molecule has 1 amide bonds. The molecule has 1 aromatic carbocycles. The fraction of sp³-hybridized carbons (Fsp3) is 0.412. The van der Waals surface area contributed by atoms with Crippen molar-refractivity contribution in [1.82, 2.24) is 15.6 Å². The standard InChI is InChI=1S/C17H20ClN3O.2ClH/c1-2-19-7-8-20-17(22)14-10-16(11-3-4-11)21-15-6-5-12(18)9-13(14)15;;/h5-6,9-11,19H,2-4,7-8H2,1H3,(H,20,22);2*1H. The van der Waals surface area contributed by atoms with Crippen LogP contribution in [0.4, 0.5) is 0 Å². The van der Waals surface area contributed by atoms with Crippen LogP contribution in [0, 0.1) is 0 Å². The number of likely N-dealkylation sites (N-methyl/N-ethyl adjacent to an activating group) is 1. The Balaban J connectivity index is 0.00000144. The Hall–Kier alpha value is -1.07. The van der Waals surface area contributed by atoms with Crippen molar-refractivity contribution in [1.29, 1.82) is 0 Å². The number of fused-ring (bicyclic) bond motifs is 1. The molecule has 132 valence electrons. The van der Waals surface area contributed by atoms with E-state index in [1.165, 1.54) is 0 Å². The van der Waals surface area contributed by atoms with Gasteiger partial charge in [-0.05, 0) is 43.7 Å². The van der Waals surface area contributed by atoms with Crippen molar-refractivity contribution in [2.24, 2.45) is 0 Å². The van der Waals surface area contributed by atoms with E-state index in [1.807, 2.05) is 31.2 Å². The number of halogens is 3. The first kappa shape index (κ1) is 21.0. The van der Waals surface area contributed by atoms with Crippen LogP contribution in [-0.4, -0.2) is 30.5 Å². The van der Waals surface area contributed by atoms with Crippen LogP contribution in [0.5, 0.6) is 0 Å². The minimum absolute atomic E-state index is 0. The van der Waals surface area contributed by atoms with Crippen molar-refractivity contribution in [3.05, 3.63) is 40.5 Å². The molecule has 0 aliphatic heterocycles. The topological polar surface area (TPSA) is 54.0 Å². The van der Waals surface area contributed by atoms with Gasteiger partial charge < -0.3 is 10.6 Å². The van der Waals surface area contributed by atoms with Crippen molar-refractivity contribution in [2.45, 2.75) is 25.7 Å². The van der Waals surface area contributed by atoms with Gasteiger partial charge >= 0.3 is 0 Å². The van der Waals surface area contributed by atoms with Gasteiger partial charge in [0.25, 0.3) is 5.91 Å². The molecule has 24 heavy (non-hydrogen) atoms. The average Bonchev–Trinajstić information content (AvgIpc) is 3.35. The number of hydrogen-bond acceptors (Lipinski definition) is 3. The molecule has 4 nitrogen and oxygen atoms in total. The minimum atomic E-state index is -0.0607. The van der Waals surface area contributed by atoms with E-state index in [2.05, 4.69) is 15.6 Å². The summed E-state index contributed by atoms with van der Waals surface area (Å²) in [5.41, 5.74) is 2.53. The normalized spacial score (nSPS) is 13.1. The summed E-state index contributed by atoms with van der Waals surface area (Å²) in [4.78, 5) is 17.2. The van der Waals surface area contributed by atoms with Gasteiger partial charge in [-0.3, -0.25) is 9.78 Å². The highest BCUT2D eigenvalue weighted by Gasteiger charge is 2.27. The van der Waals surface area contributed by atoms with Crippen LogP contribution in [0.15, 0.2) is 24.3 Å². The third kappa shape index (κ3) is 4.96. The molecular weight excluding hydrogens is 369 g/mol. The molecule has 0 spiro atoms. The number of carbonyl (C=O) groups is 1. The number of rotatable bonds is 6. The second-order valence-corrected chi connectivity index (χ2v) is 6.08. The summed E-state index contributed by atoms with van der Waals surface area (Å²) in [6.07, 6.45) is 2.32. The van der Waals surface area contributed by atoms with Crippen molar-refractivity contribution < 1.29 is 4.79 Å². The van der Waals surface area contributed by atoms with E-state index in [0.717, 1.165) is 42.5 Å². The molecule has 0 radical (unpaired) electrons. The van der Waals surface area contributed by atoms with Crippen molar-refractivity contribution in [3.8, 4) is 0 Å². The predicted molar refractivity (Wildman–Crippen MR) is 104 cm³/mol. The molecule has 2 N–H and O–H groups in total. The molecule has 3 rings (SSSR count). The van der Waals surface area contributed by atoms with Crippen LogP contribution in [0.3, 0.4) is 0 Å². The zero-order valence-electron chi connectivity index (χ0n) is 13.5. The maximum Gasteiger partial charge on any atom is 0.252 e. The molecule has 1 aromatic heterocycles. The molecule has 0 unspecified atom stereocenters. The van der Waals surface area contributed by atoms with Crippen LogP contribution < -0.4 is 10.6 Å². The number of benzene rings is 1. The number of aromatic nitrogens is 1. The summed E-state index contributed by atoms with van der Waals surface area (Å²) < 4.78 is 0. The van der Waals surface area contributed by atoms with E-state index in [4.69, 9.17) is 11.6 Å². The third-order valence-corrected chi connectivity index (χ3v) is 4.10. The zero-order valence-corrected chi connectivity index (χ0v) is 15.9. The van der Waals surface area contributed by atoms with Crippen molar-refractivity contribution in [2.75, 3.05) is 19.6 Å². The quantitative estimate of drug-likeness (QED) is 0.734. The fourth-order valence-electron chi connectivity index (χ4n) is 2.53. The van der Waals surface area contributed by atoms with Crippen LogP contribution in [0.2, 0.25) is 5.02 Å². The first-order valence-corrected chi connectivity index (χ1v) is 8.16. The van der Waals surface area contributed by atoms with Gasteiger partial charge in [0.15, 0.2) is 0 Å². The lowest BCUT2D eigenvalue weighted by molar-refractivity contribution is 0.0955. The molecule has 1 aliphatic carbocycles. The van der Waals surface area contributed by atoms with Gasteiger partial charge in [0.2, 0.25) is 0 Å². The highest BCUT2D eigenvalue weighted by atomic mass is 35.5. The Bertz CT molecular complexity index is 705. The average molecular weight is 391 g/mol. The second-order valence-electron chi connectivity index (χ2n) is 5.64. The largest absolute Gasteiger partial charge is 0.351 e. The summed E-state index contributed by atoms with van der Waals surface area (Å²) >= 11 is 6.09. The fourth-order valence-corrected chi connectivity index (χ4v) is 2.70. The molecule has 0 bridgehead atoms. The Morgan fingerprint density at radius 2 is 2.00 bits per heavy atom. The molecule has 0 atom stereocenters. The molecular formula is C17H22Cl3N3O. The van der Waals surface area contributed by atoms with Gasteiger partial charge in [-0.2, -0.15) is 0 Å². The number of pyridine rings is 1. The minimum Gasteiger partial charge on any atom is -0.351 e. The molecule has 1 saturated carbocycles.